The average molecular weight is 839 g/mol. The monoisotopic (exact) mass is 839 g/mol. The summed E-state index contributed by atoms with van der Waals surface area (Å²) in [6.07, 6.45) is 4.58. The topological polar surface area (TPSA) is 6.48 Å². The third kappa shape index (κ3) is 6.85. The van der Waals surface area contributed by atoms with Crippen LogP contribution in [0.25, 0.3) is 0 Å². The van der Waals surface area contributed by atoms with Crippen LogP contribution in [0.15, 0.2) is 78.9 Å². The zero-order valence-corrected chi connectivity index (χ0v) is 42.7. The first-order chi connectivity index (χ1) is 28.9. The van der Waals surface area contributed by atoms with E-state index in [2.05, 4.69) is 220 Å². The van der Waals surface area contributed by atoms with Gasteiger partial charge in [-0.05, 0) is 206 Å². The lowest BCUT2D eigenvalue weighted by Gasteiger charge is -2.34. The molecular formula is C61H78N2. The molecule has 2 heteroatoms. The summed E-state index contributed by atoms with van der Waals surface area (Å²) in [4.78, 5) is 5.23. The van der Waals surface area contributed by atoms with Crippen molar-refractivity contribution in [2.75, 3.05) is 9.80 Å². The third-order valence-electron chi connectivity index (χ3n) is 16.6. The van der Waals surface area contributed by atoms with Gasteiger partial charge in [0.1, 0.15) is 0 Å². The third-order valence-corrected chi connectivity index (χ3v) is 16.6. The van der Waals surface area contributed by atoms with Crippen molar-refractivity contribution in [3.8, 4) is 0 Å². The van der Waals surface area contributed by atoms with E-state index in [1.54, 1.807) is 0 Å². The van der Waals surface area contributed by atoms with Gasteiger partial charge < -0.3 is 9.80 Å². The molecule has 0 aliphatic heterocycles. The maximum atomic E-state index is 2.61. The molecule has 2 nitrogen and oxygen atoms in total. The van der Waals surface area contributed by atoms with Crippen molar-refractivity contribution in [1.29, 1.82) is 0 Å². The van der Waals surface area contributed by atoms with E-state index in [0.717, 1.165) is 25.7 Å². The first-order valence-electron chi connectivity index (χ1n) is 24.2. The Morgan fingerprint density at radius 2 is 0.556 bits per heavy atom. The van der Waals surface area contributed by atoms with Crippen LogP contribution in [-0.2, 0) is 43.3 Å². The van der Waals surface area contributed by atoms with Gasteiger partial charge in [-0.2, -0.15) is 0 Å². The molecule has 0 spiro atoms. The summed E-state index contributed by atoms with van der Waals surface area (Å²) < 4.78 is 0. The molecule has 0 unspecified atom stereocenters. The Morgan fingerprint density at radius 1 is 0.286 bits per heavy atom. The predicted octanol–water partition coefficient (Wildman–Crippen LogP) is 17.4. The molecule has 0 amide bonds. The van der Waals surface area contributed by atoms with Crippen LogP contribution < -0.4 is 9.80 Å². The maximum absolute atomic E-state index is 2.61. The lowest BCUT2D eigenvalue weighted by atomic mass is 9.82. The quantitative estimate of drug-likeness (QED) is 0.168. The fraction of sp³-hybridized carbons (Fsp3) is 0.508. The van der Waals surface area contributed by atoms with Gasteiger partial charge in [0.25, 0.3) is 0 Å². The molecule has 0 heterocycles. The Kier molecular flexibility index (Phi) is 9.34. The molecule has 4 aliphatic rings. The predicted molar refractivity (Wildman–Crippen MR) is 273 cm³/mol. The van der Waals surface area contributed by atoms with E-state index in [0.29, 0.717) is 0 Å². The molecule has 332 valence electrons. The minimum atomic E-state index is 0.0782. The van der Waals surface area contributed by atoms with Gasteiger partial charge in [0.15, 0.2) is 0 Å². The standard InChI is InChI=1S/C61H78N2/c1-37-24-42(62(40-20-22-44-48(29-40)58(12,13)33-54(44,4)5)52-31-50-46(26-38(52)2)56(8,9)35-60(50,16)17)28-43(25-37)63(41-21-23-45-49(30-41)59(14,15)34-55(45,6)7)53-32-51-47(27-39(53)3)57(10,11)36-61(51,18)19/h20-32H,33-36H2,1-19H3. The zero-order valence-electron chi connectivity index (χ0n) is 42.7. The highest BCUT2D eigenvalue weighted by Crippen LogP contribution is 2.57. The Balaban J connectivity index is 1.32. The van der Waals surface area contributed by atoms with Gasteiger partial charge in [-0.15, -0.1) is 0 Å². The molecule has 63 heavy (non-hydrogen) atoms. The Hall–Kier alpha value is -4.30. The first-order valence-corrected chi connectivity index (χ1v) is 24.2. The minimum Gasteiger partial charge on any atom is -0.310 e. The van der Waals surface area contributed by atoms with Crippen LogP contribution in [0.5, 0.6) is 0 Å². The number of hydrogen-bond acceptors (Lipinski definition) is 2. The van der Waals surface area contributed by atoms with Crippen molar-refractivity contribution in [3.05, 3.63) is 140 Å². The molecule has 0 aromatic heterocycles. The maximum Gasteiger partial charge on any atom is 0.0493 e. The largest absolute Gasteiger partial charge is 0.310 e. The molecule has 0 radical (unpaired) electrons. The van der Waals surface area contributed by atoms with Crippen LogP contribution in [0.4, 0.5) is 34.1 Å². The number of anilines is 6. The van der Waals surface area contributed by atoms with E-state index in [-0.39, 0.29) is 43.3 Å². The molecule has 0 fully saturated rings. The van der Waals surface area contributed by atoms with Crippen LogP contribution in [0.2, 0.25) is 0 Å². The van der Waals surface area contributed by atoms with Crippen LogP contribution in [-0.4, -0.2) is 0 Å². The van der Waals surface area contributed by atoms with Crippen molar-refractivity contribution < 1.29 is 0 Å². The van der Waals surface area contributed by atoms with Gasteiger partial charge in [-0.3, -0.25) is 0 Å². The Bertz CT molecular complexity index is 2540. The fourth-order valence-corrected chi connectivity index (χ4v) is 14.8. The molecule has 0 bridgehead atoms. The van der Waals surface area contributed by atoms with Crippen LogP contribution in [0.1, 0.15) is 198 Å². The lowest BCUT2D eigenvalue weighted by molar-refractivity contribution is 0.402. The molecule has 0 N–H and O–H groups in total. The van der Waals surface area contributed by atoms with E-state index in [4.69, 9.17) is 0 Å². The summed E-state index contributed by atoms with van der Waals surface area (Å²) in [6, 6.07) is 32.4. The molecule has 0 atom stereocenters. The van der Waals surface area contributed by atoms with Gasteiger partial charge in [0.05, 0.1) is 0 Å². The van der Waals surface area contributed by atoms with Crippen LogP contribution >= 0.6 is 0 Å². The van der Waals surface area contributed by atoms with Gasteiger partial charge in [0, 0.05) is 34.1 Å². The molecule has 5 aromatic rings. The normalized spacial score (nSPS) is 21.7. The van der Waals surface area contributed by atoms with Crippen molar-refractivity contribution >= 4 is 34.1 Å². The zero-order chi connectivity index (χ0) is 46.0. The molecular weight excluding hydrogens is 761 g/mol. The number of aryl methyl sites for hydroxylation is 3. The van der Waals surface area contributed by atoms with E-state index in [9.17, 15) is 0 Å². The van der Waals surface area contributed by atoms with Crippen molar-refractivity contribution in [1.82, 2.24) is 0 Å². The van der Waals surface area contributed by atoms with Gasteiger partial charge in [-0.25, -0.2) is 0 Å². The van der Waals surface area contributed by atoms with E-state index in [1.807, 2.05) is 0 Å². The first kappa shape index (κ1) is 43.9. The lowest BCUT2D eigenvalue weighted by Crippen LogP contribution is -2.19. The van der Waals surface area contributed by atoms with Crippen molar-refractivity contribution in [2.24, 2.45) is 0 Å². The summed E-state index contributed by atoms with van der Waals surface area (Å²) in [5, 5.41) is 0. The summed E-state index contributed by atoms with van der Waals surface area (Å²) >= 11 is 0. The van der Waals surface area contributed by atoms with E-state index < -0.39 is 0 Å². The van der Waals surface area contributed by atoms with Crippen molar-refractivity contribution in [3.63, 3.8) is 0 Å². The Morgan fingerprint density at radius 3 is 0.873 bits per heavy atom. The van der Waals surface area contributed by atoms with Gasteiger partial charge in [0.2, 0.25) is 0 Å². The summed E-state index contributed by atoms with van der Waals surface area (Å²) in [7, 11) is 0. The molecule has 9 rings (SSSR count). The molecule has 5 aromatic carbocycles. The minimum absolute atomic E-state index is 0.0782. The second-order valence-corrected chi connectivity index (χ2v) is 26.3. The second-order valence-electron chi connectivity index (χ2n) is 26.3. The smallest absolute Gasteiger partial charge is 0.0493 e. The fourth-order valence-electron chi connectivity index (χ4n) is 14.8. The summed E-state index contributed by atoms with van der Waals surface area (Å²) in [5.41, 5.74) is 24.1. The van der Waals surface area contributed by atoms with Crippen molar-refractivity contribution in [2.45, 2.75) is 201 Å². The van der Waals surface area contributed by atoms with Crippen LogP contribution in [0.3, 0.4) is 0 Å². The van der Waals surface area contributed by atoms with Crippen LogP contribution in [0, 0.1) is 20.8 Å². The highest BCUT2D eigenvalue weighted by atomic mass is 15.2. The van der Waals surface area contributed by atoms with Gasteiger partial charge in [-0.1, -0.05) is 135 Å². The number of rotatable bonds is 6. The summed E-state index contributed by atoms with van der Waals surface area (Å²) in [5.74, 6) is 0. The highest BCUT2D eigenvalue weighted by molar-refractivity contribution is 5.87. The van der Waals surface area contributed by atoms with Gasteiger partial charge >= 0.3 is 0 Å². The Labute approximate surface area is 382 Å². The molecule has 0 saturated heterocycles. The highest BCUT2D eigenvalue weighted by Gasteiger charge is 2.46. The van der Waals surface area contributed by atoms with E-state index >= 15 is 0 Å². The average Bonchev–Trinajstić information content (AvgIpc) is 3.61. The SMILES string of the molecule is Cc1cc(N(c2ccc3c(c2)C(C)(C)CC3(C)C)c2cc3c(cc2C)C(C)(C)CC3(C)C)cc(N(c2ccc3c(c2)C(C)(C)CC3(C)C)c2cc3c(cc2C)C(C)(C)CC3(C)C)c1. The number of hydrogen-bond donors (Lipinski definition) is 0. The second kappa shape index (κ2) is 13.4. The number of fused-ring (bicyclic) bond motifs is 4. The molecule has 4 aliphatic carbocycles. The molecule has 0 saturated carbocycles. The number of nitrogens with zero attached hydrogens (tertiary/aromatic N) is 2. The summed E-state index contributed by atoms with van der Waals surface area (Å²) in [6.45, 7) is 46.1. The van der Waals surface area contributed by atoms with E-state index in [1.165, 1.54) is 95.3 Å². The number of benzene rings is 5.